The second-order valence-corrected chi connectivity index (χ2v) is 2.91. The van der Waals surface area contributed by atoms with Gasteiger partial charge in [0, 0.05) is 5.70 Å². The first-order chi connectivity index (χ1) is 5.79. The van der Waals surface area contributed by atoms with Crippen LogP contribution in [0.15, 0.2) is 23.9 Å². The van der Waals surface area contributed by atoms with Crippen molar-refractivity contribution in [3.63, 3.8) is 0 Å². The van der Waals surface area contributed by atoms with Gasteiger partial charge in [-0.2, -0.15) is 0 Å². The van der Waals surface area contributed by atoms with Crippen molar-refractivity contribution in [2.75, 3.05) is 6.67 Å². The lowest BCUT2D eigenvalue weighted by Gasteiger charge is -2.19. The third kappa shape index (κ3) is 1.00. The standard InChI is InChI=1S/C8H10N2O2/c11-8(12)5-2-1-3-6-7(5)10-4-9-6/h1-3,5,7,9-10H,4H2,(H,11,12). The molecule has 0 bridgehead atoms. The zero-order valence-electron chi connectivity index (χ0n) is 6.45. The van der Waals surface area contributed by atoms with Crippen LogP contribution in [-0.2, 0) is 4.79 Å². The number of aliphatic carboxylic acids is 1. The number of carboxylic acids is 1. The predicted octanol–water partition coefficient (Wildman–Crippen LogP) is -0.340. The molecule has 4 heteroatoms. The molecule has 64 valence electrons. The number of nitrogens with one attached hydrogen (secondary N) is 2. The molecular weight excluding hydrogens is 156 g/mol. The first-order valence-electron chi connectivity index (χ1n) is 3.87. The maximum atomic E-state index is 10.8. The highest BCUT2D eigenvalue weighted by atomic mass is 16.4. The molecule has 2 aliphatic rings. The van der Waals surface area contributed by atoms with Crippen LogP contribution in [0.1, 0.15) is 0 Å². The lowest BCUT2D eigenvalue weighted by molar-refractivity contribution is -0.140. The van der Waals surface area contributed by atoms with Crippen LogP contribution in [0.5, 0.6) is 0 Å². The summed E-state index contributed by atoms with van der Waals surface area (Å²) >= 11 is 0. The minimum Gasteiger partial charge on any atom is -0.481 e. The van der Waals surface area contributed by atoms with E-state index in [1.54, 1.807) is 12.2 Å². The van der Waals surface area contributed by atoms with E-state index in [0.717, 1.165) is 5.70 Å². The highest BCUT2D eigenvalue weighted by Gasteiger charge is 2.33. The van der Waals surface area contributed by atoms with Crippen molar-refractivity contribution >= 4 is 5.97 Å². The molecule has 1 fully saturated rings. The minimum atomic E-state index is -0.780. The Morgan fingerprint density at radius 3 is 3.25 bits per heavy atom. The van der Waals surface area contributed by atoms with E-state index < -0.39 is 11.9 Å². The summed E-state index contributed by atoms with van der Waals surface area (Å²) in [7, 11) is 0. The Hall–Kier alpha value is -1.29. The molecule has 2 rings (SSSR count). The zero-order chi connectivity index (χ0) is 8.55. The molecule has 0 saturated carbocycles. The summed E-state index contributed by atoms with van der Waals surface area (Å²) in [4.78, 5) is 10.8. The second-order valence-electron chi connectivity index (χ2n) is 2.91. The van der Waals surface area contributed by atoms with E-state index in [0.29, 0.717) is 6.67 Å². The lowest BCUT2D eigenvalue weighted by atomic mass is 9.94. The van der Waals surface area contributed by atoms with E-state index in [-0.39, 0.29) is 6.04 Å². The number of carbonyl (C=O) groups is 1. The number of hydrogen-bond acceptors (Lipinski definition) is 3. The molecule has 3 N–H and O–H groups in total. The fourth-order valence-electron chi connectivity index (χ4n) is 1.58. The summed E-state index contributed by atoms with van der Waals surface area (Å²) < 4.78 is 0. The number of allylic oxidation sites excluding steroid dienone is 2. The third-order valence-electron chi connectivity index (χ3n) is 2.19. The van der Waals surface area contributed by atoms with Gasteiger partial charge in [0.05, 0.1) is 18.6 Å². The van der Waals surface area contributed by atoms with Crippen molar-refractivity contribution in [2.24, 2.45) is 5.92 Å². The van der Waals surface area contributed by atoms with Crippen molar-refractivity contribution in [1.82, 2.24) is 10.6 Å². The quantitative estimate of drug-likeness (QED) is 0.498. The average Bonchev–Trinajstić information content (AvgIpc) is 2.49. The summed E-state index contributed by atoms with van der Waals surface area (Å²) in [5, 5.41) is 15.0. The van der Waals surface area contributed by atoms with Crippen molar-refractivity contribution in [3.05, 3.63) is 23.9 Å². The third-order valence-corrected chi connectivity index (χ3v) is 2.19. The van der Waals surface area contributed by atoms with Crippen molar-refractivity contribution in [1.29, 1.82) is 0 Å². The maximum Gasteiger partial charge on any atom is 0.312 e. The first kappa shape index (κ1) is 7.36. The molecule has 0 aromatic rings. The molecule has 4 nitrogen and oxygen atoms in total. The molecule has 1 aliphatic heterocycles. The van der Waals surface area contributed by atoms with Gasteiger partial charge < -0.3 is 10.4 Å². The molecule has 2 unspecified atom stereocenters. The normalized spacial score (nSPS) is 32.2. The zero-order valence-corrected chi connectivity index (χ0v) is 6.45. The molecule has 1 saturated heterocycles. The SMILES string of the molecule is O=C(O)C1C=CC=C2NCNC21. The maximum absolute atomic E-state index is 10.8. The average molecular weight is 166 g/mol. The Labute approximate surface area is 70.0 Å². The summed E-state index contributed by atoms with van der Waals surface area (Å²) in [5.41, 5.74) is 0.977. The number of rotatable bonds is 1. The first-order valence-corrected chi connectivity index (χ1v) is 3.87. The highest BCUT2D eigenvalue weighted by molar-refractivity contribution is 5.74. The Bertz CT molecular complexity index is 270. The van der Waals surface area contributed by atoms with Gasteiger partial charge in [0.2, 0.25) is 0 Å². The van der Waals surface area contributed by atoms with Gasteiger partial charge in [-0.1, -0.05) is 12.2 Å². The summed E-state index contributed by atoms with van der Waals surface area (Å²) in [6, 6.07) is -0.0625. The molecule has 0 radical (unpaired) electrons. The predicted molar refractivity (Wildman–Crippen MR) is 43.3 cm³/mol. The molecular formula is C8H10N2O2. The van der Waals surface area contributed by atoms with Crippen LogP contribution >= 0.6 is 0 Å². The van der Waals surface area contributed by atoms with E-state index in [4.69, 9.17) is 5.11 Å². The fraction of sp³-hybridized carbons (Fsp3) is 0.375. The lowest BCUT2D eigenvalue weighted by Crippen LogP contribution is -2.36. The Balaban J connectivity index is 2.24. The van der Waals surface area contributed by atoms with Gasteiger partial charge in [-0.25, -0.2) is 0 Å². The van der Waals surface area contributed by atoms with Crippen LogP contribution in [0.3, 0.4) is 0 Å². The van der Waals surface area contributed by atoms with Crippen LogP contribution in [0.2, 0.25) is 0 Å². The van der Waals surface area contributed by atoms with Gasteiger partial charge in [0.15, 0.2) is 0 Å². The van der Waals surface area contributed by atoms with Crippen LogP contribution in [0.4, 0.5) is 0 Å². The minimum absolute atomic E-state index is 0.0625. The van der Waals surface area contributed by atoms with Crippen LogP contribution in [0, 0.1) is 5.92 Å². The second kappa shape index (κ2) is 2.64. The molecule has 2 atom stereocenters. The van der Waals surface area contributed by atoms with Gasteiger partial charge in [-0.15, -0.1) is 0 Å². The van der Waals surface area contributed by atoms with Crippen LogP contribution < -0.4 is 10.6 Å². The summed E-state index contributed by atoms with van der Waals surface area (Å²) in [6.45, 7) is 0.655. The van der Waals surface area contributed by atoms with Crippen molar-refractivity contribution < 1.29 is 9.90 Å². The number of carboxylic acid groups (broad SMARTS) is 1. The Kier molecular flexibility index (Phi) is 1.62. The number of fused-ring (bicyclic) bond motifs is 1. The van der Waals surface area contributed by atoms with E-state index in [9.17, 15) is 4.79 Å². The van der Waals surface area contributed by atoms with Crippen LogP contribution in [0.25, 0.3) is 0 Å². The van der Waals surface area contributed by atoms with E-state index >= 15 is 0 Å². The number of hydrogen-bond donors (Lipinski definition) is 3. The smallest absolute Gasteiger partial charge is 0.312 e. The Morgan fingerprint density at radius 2 is 2.50 bits per heavy atom. The molecule has 1 heterocycles. The Morgan fingerprint density at radius 1 is 1.67 bits per heavy atom. The largest absolute Gasteiger partial charge is 0.481 e. The highest BCUT2D eigenvalue weighted by Crippen LogP contribution is 2.20. The molecule has 12 heavy (non-hydrogen) atoms. The fourth-order valence-corrected chi connectivity index (χ4v) is 1.58. The van der Waals surface area contributed by atoms with Gasteiger partial charge in [0.25, 0.3) is 0 Å². The topological polar surface area (TPSA) is 61.4 Å². The van der Waals surface area contributed by atoms with E-state index in [2.05, 4.69) is 10.6 Å². The van der Waals surface area contributed by atoms with E-state index in [1.807, 2.05) is 6.08 Å². The van der Waals surface area contributed by atoms with Crippen LogP contribution in [-0.4, -0.2) is 23.8 Å². The summed E-state index contributed by atoms with van der Waals surface area (Å²) in [6.07, 6.45) is 5.39. The molecule has 0 spiro atoms. The summed E-state index contributed by atoms with van der Waals surface area (Å²) in [5.74, 6) is -1.21. The molecule has 0 amide bonds. The van der Waals surface area contributed by atoms with Crippen molar-refractivity contribution in [2.45, 2.75) is 6.04 Å². The van der Waals surface area contributed by atoms with E-state index in [1.165, 1.54) is 0 Å². The van der Waals surface area contributed by atoms with Gasteiger partial charge >= 0.3 is 5.97 Å². The van der Waals surface area contributed by atoms with Gasteiger partial charge in [-0.05, 0) is 6.08 Å². The molecule has 0 aromatic heterocycles. The van der Waals surface area contributed by atoms with Crippen molar-refractivity contribution in [3.8, 4) is 0 Å². The molecule has 0 aromatic carbocycles. The molecule has 1 aliphatic carbocycles. The van der Waals surface area contributed by atoms with Gasteiger partial charge in [-0.3, -0.25) is 10.1 Å². The monoisotopic (exact) mass is 166 g/mol. The van der Waals surface area contributed by atoms with Gasteiger partial charge in [0.1, 0.15) is 0 Å².